The molecule has 1 aromatic rings. The normalized spacial score (nSPS) is 19.0. The molecule has 0 spiro atoms. The van der Waals surface area contributed by atoms with Crippen LogP contribution in [0, 0.1) is 23.0 Å². The van der Waals surface area contributed by atoms with Crippen LogP contribution in [0.1, 0.15) is 32.5 Å². The van der Waals surface area contributed by atoms with Crippen molar-refractivity contribution in [2.75, 3.05) is 24.5 Å². The van der Waals surface area contributed by atoms with Gasteiger partial charge in [-0.1, -0.05) is 0 Å². The highest BCUT2D eigenvalue weighted by atomic mass is 16.6. The van der Waals surface area contributed by atoms with E-state index in [9.17, 15) is 10.1 Å². The molecule has 1 atom stereocenters. The molecule has 1 aromatic heterocycles. The second-order valence-corrected chi connectivity index (χ2v) is 6.08. The molecule has 2 heterocycles. The summed E-state index contributed by atoms with van der Waals surface area (Å²) < 4.78 is 1.83. The van der Waals surface area contributed by atoms with Gasteiger partial charge in [-0.2, -0.15) is 0 Å². The monoisotopic (exact) mass is 295 g/mol. The summed E-state index contributed by atoms with van der Waals surface area (Å²) in [5.74, 6) is 1.78. The Labute approximate surface area is 125 Å². The van der Waals surface area contributed by atoms with Crippen LogP contribution in [0.5, 0.6) is 0 Å². The summed E-state index contributed by atoms with van der Waals surface area (Å²) in [7, 11) is 1.85. The van der Waals surface area contributed by atoms with E-state index in [0.717, 1.165) is 19.6 Å². The third-order valence-corrected chi connectivity index (χ3v) is 4.19. The van der Waals surface area contributed by atoms with Crippen LogP contribution < -0.4 is 10.2 Å². The highest BCUT2D eigenvalue weighted by molar-refractivity contribution is 5.56. The van der Waals surface area contributed by atoms with E-state index in [1.54, 1.807) is 6.92 Å². The Kier molecular flexibility index (Phi) is 4.82. The SMILES string of the molecule is Cc1nc([N+](=O)[O-])c(N(CC2CCCNC2)C(C)C)n1C. The van der Waals surface area contributed by atoms with E-state index in [4.69, 9.17) is 0 Å². The van der Waals surface area contributed by atoms with Crippen molar-refractivity contribution in [1.82, 2.24) is 14.9 Å². The van der Waals surface area contributed by atoms with Crippen LogP contribution in [0.3, 0.4) is 0 Å². The number of hydrogen-bond donors (Lipinski definition) is 1. The standard InChI is InChI=1S/C14H25N5O2/c1-10(2)18(9-12-6-5-7-15-8-12)14-13(19(20)21)16-11(3)17(14)4/h10,12,15H,5-9H2,1-4H3. The van der Waals surface area contributed by atoms with Gasteiger partial charge in [0.1, 0.15) is 0 Å². The van der Waals surface area contributed by atoms with Crippen molar-refractivity contribution >= 4 is 11.6 Å². The molecule has 0 aromatic carbocycles. The van der Waals surface area contributed by atoms with Gasteiger partial charge in [-0.05, 0) is 55.6 Å². The molecule has 1 N–H and O–H groups in total. The summed E-state index contributed by atoms with van der Waals surface area (Å²) in [6, 6.07) is 0.195. The molecule has 7 heteroatoms. The fourth-order valence-corrected chi connectivity index (χ4v) is 2.92. The van der Waals surface area contributed by atoms with Gasteiger partial charge in [0.15, 0.2) is 0 Å². The largest absolute Gasteiger partial charge is 0.406 e. The molecule has 0 aliphatic carbocycles. The van der Waals surface area contributed by atoms with Crippen LogP contribution >= 0.6 is 0 Å². The summed E-state index contributed by atoms with van der Waals surface area (Å²) in [4.78, 5) is 17.2. The van der Waals surface area contributed by atoms with E-state index in [1.807, 2.05) is 11.6 Å². The predicted octanol–water partition coefficient (Wildman–Crippen LogP) is 1.85. The van der Waals surface area contributed by atoms with Gasteiger partial charge in [-0.15, -0.1) is 0 Å². The lowest BCUT2D eigenvalue weighted by atomic mass is 9.98. The van der Waals surface area contributed by atoms with Crippen molar-refractivity contribution < 1.29 is 4.92 Å². The minimum atomic E-state index is -0.378. The number of imidazole rings is 1. The summed E-state index contributed by atoms with van der Waals surface area (Å²) in [5, 5.41) is 14.7. The van der Waals surface area contributed by atoms with Gasteiger partial charge in [0.2, 0.25) is 11.6 Å². The predicted molar refractivity (Wildman–Crippen MR) is 82.7 cm³/mol. The van der Waals surface area contributed by atoms with Crippen LogP contribution in [0.15, 0.2) is 0 Å². The molecular weight excluding hydrogens is 270 g/mol. The molecule has 1 unspecified atom stereocenters. The van der Waals surface area contributed by atoms with Crippen LogP contribution in [-0.4, -0.2) is 40.2 Å². The average molecular weight is 295 g/mol. The molecule has 7 nitrogen and oxygen atoms in total. The lowest BCUT2D eigenvalue weighted by Crippen LogP contribution is -2.42. The second kappa shape index (κ2) is 6.43. The Bertz CT molecular complexity index is 506. The van der Waals surface area contributed by atoms with E-state index >= 15 is 0 Å². The van der Waals surface area contributed by atoms with Gasteiger partial charge in [0.25, 0.3) is 0 Å². The molecule has 0 bridgehead atoms. The molecular formula is C14H25N5O2. The van der Waals surface area contributed by atoms with Crippen molar-refractivity contribution in [3.05, 3.63) is 15.9 Å². The number of anilines is 1. The fourth-order valence-electron chi connectivity index (χ4n) is 2.92. The lowest BCUT2D eigenvalue weighted by molar-refractivity contribution is -0.388. The van der Waals surface area contributed by atoms with Gasteiger partial charge in [0, 0.05) is 26.6 Å². The number of aromatic nitrogens is 2. The maximum atomic E-state index is 11.3. The minimum Gasteiger partial charge on any atom is -0.358 e. The van der Waals surface area contributed by atoms with Gasteiger partial charge in [0.05, 0.1) is 0 Å². The molecule has 1 fully saturated rings. The maximum absolute atomic E-state index is 11.3. The first-order valence-corrected chi connectivity index (χ1v) is 7.56. The van der Waals surface area contributed by atoms with Crippen molar-refractivity contribution in [2.24, 2.45) is 13.0 Å². The highest BCUT2D eigenvalue weighted by Gasteiger charge is 2.31. The number of aryl methyl sites for hydroxylation is 1. The van der Waals surface area contributed by atoms with Crippen molar-refractivity contribution in [3.8, 4) is 0 Å². The van der Waals surface area contributed by atoms with Gasteiger partial charge >= 0.3 is 5.82 Å². The molecule has 2 rings (SSSR count). The number of nitrogens with zero attached hydrogens (tertiary/aromatic N) is 4. The zero-order valence-corrected chi connectivity index (χ0v) is 13.3. The topological polar surface area (TPSA) is 76.2 Å². The summed E-state index contributed by atoms with van der Waals surface area (Å²) in [5.41, 5.74) is 0. The lowest BCUT2D eigenvalue weighted by Gasteiger charge is -2.33. The molecule has 0 amide bonds. The summed E-state index contributed by atoms with van der Waals surface area (Å²) in [6.07, 6.45) is 2.34. The first kappa shape index (κ1) is 15.8. The number of nitro groups is 1. The fraction of sp³-hybridized carbons (Fsp3) is 0.786. The zero-order chi connectivity index (χ0) is 15.6. The van der Waals surface area contributed by atoms with E-state index in [-0.39, 0.29) is 16.8 Å². The molecule has 21 heavy (non-hydrogen) atoms. The van der Waals surface area contributed by atoms with E-state index in [2.05, 4.69) is 29.0 Å². The van der Waals surface area contributed by atoms with Crippen molar-refractivity contribution in [3.63, 3.8) is 0 Å². The van der Waals surface area contributed by atoms with Crippen molar-refractivity contribution in [1.29, 1.82) is 0 Å². The van der Waals surface area contributed by atoms with E-state index in [1.165, 1.54) is 12.8 Å². The summed E-state index contributed by atoms with van der Waals surface area (Å²) >= 11 is 0. The Balaban J connectivity index is 2.31. The molecule has 0 radical (unpaired) electrons. The second-order valence-electron chi connectivity index (χ2n) is 6.08. The number of piperidine rings is 1. The average Bonchev–Trinajstić information content (AvgIpc) is 2.73. The Morgan fingerprint density at radius 1 is 1.57 bits per heavy atom. The minimum absolute atomic E-state index is 0.0348. The van der Waals surface area contributed by atoms with Crippen LogP contribution in [0.4, 0.5) is 11.6 Å². The number of hydrogen-bond acceptors (Lipinski definition) is 5. The Morgan fingerprint density at radius 2 is 2.29 bits per heavy atom. The highest BCUT2D eigenvalue weighted by Crippen LogP contribution is 2.30. The maximum Gasteiger partial charge on any atom is 0.406 e. The van der Waals surface area contributed by atoms with Crippen LogP contribution in [0.2, 0.25) is 0 Å². The molecule has 1 aliphatic rings. The molecule has 1 saturated heterocycles. The third-order valence-electron chi connectivity index (χ3n) is 4.19. The smallest absolute Gasteiger partial charge is 0.358 e. The van der Waals surface area contributed by atoms with E-state index in [0.29, 0.717) is 17.6 Å². The third kappa shape index (κ3) is 3.34. The molecule has 0 saturated carbocycles. The quantitative estimate of drug-likeness (QED) is 0.662. The van der Waals surface area contributed by atoms with E-state index < -0.39 is 0 Å². The first-order chi connectivity index (χ1) is 9.91. The number of rotatable bonds is 5. The van der Waals surface area contributed by atoms with Gasteiger partial charge in [-0.3, -0.25) is 4.57 Å². The van der Waals surface area contributed by atoms with Crippen LogP contribution in [0.25, 0.3) is 0 Å². The first-order valence-electron chi connectivity index (χ1n) is 7.56. The molecule has 1 aliphatic heterocycles. The Hall–Kier alpha value is -1.63. The zero-order valence-electron chi connectivity index (χ0n) is 13.3. The van der Waals surface area contributed by atoms with Crippen LogP contribution in [-0.2, 0) is 7.05 Å². The van der Waals surface area contributed by atoms with Crippen molar-refractivity contribution in [2.45, 2.75) is 39.7 Å². The Morgan fingerprint density at radius 3 is 2.81 bits per heavy atom. The van der Waals surface area contributed by atoms with Gasteiger partial charge < -0.3 is 20.3 Å². The molecule has 118 valence electrons. The number of nitrogens with one attached hydrogen (secondary N) is 1. The summed E-state index contributed by atoms with van der Waals surface area (Å²) in [6.45, 7) is 8.82. The van der Waals surface area contributed by atoms with Gasteiger partial charge in [-0.25, -0.2) is 0 Å².